The fraction of sp³-hybridized carbons (Fsp3) is 0.158. The number of hydrogen-bond donors (Lipinski definition) is 0. The highest BCUT2D eigenvalue weighted by Crippen LogP contribution is 2.33. The fourth-order valence-electron chi connectivity index (χ4n) is 2.63. The highest BCUT2D eigenvalue weighted by Gasteiger charge is 2.14. The molecule has 0 saturated heterocycles. The molecular formula is C19H17ClN2O3. The number of fused-ring (bicyclic) bond motifs is 1. The molecule has 6 heteroatoms. The molecule has 0 bridgehead atoms. The van der Waals surface area contributed by atoms with Crippen molar-refractivity contribution in [3.63, 3.8) is 0 Å². The van der Waals surface area contributed by atoms with Crippen molar-refractivity contribution in [2.24, 2.45) is 0 Å². The van der Waals surface area contributed by atoms with E-state index in [1.807, 2.05) is 35.7 Å². The predicted octanol–water partition coefficient (Wildman–Crippen LogP) is 4.21. The molecule has 0 saturated carbocycles. The molecule has 3 rings (SSSR count). The van der Waals surface area contributed by atoms with E-state index < -0.39 is 0 Å². The number of pyridine rings is 1. The Morgan fingerprint density at radius 3 is 2.64 bits per heavy atom. The van der Waals surface area contributed by atoms with Crippen molar-refractivity contribution in [3.8, 4) is 11.5 Å². The normalized spacial score (nSPS) is 11.2. The molecule has 1 aromatic carbocycles. The van der Waals surface area contributed by atoms with Crippen molar-refractivity contribution >= 4 is 29.0 Å². The molecule has 25 heavy (non-hydrogen) atoms. The zero-order chi connectivity index (χ0) is 18.0. The third-order valence-electron chi connectivity index (χ3n) is 3.88. The highest BCUT2D eigenvalue weighted by atomic mass is 35.5. The summed E-state index contributed by atoms with van der Waals surface area (Å²) in [5.41, 5.74) is 2.00. The topological polar surface area (TPSA) is 52.8 Å². The number of ether oxygens (including phenoxy) is 2. The van der Waals surface area contributed by atoms with Gasteiger partial charge in [0.05, 0.1) is 30.5 Å². The maximum Gasteiger partial charge on any atom is 0.187 e. The number of halogens is 1. The molecule has 0 fully saturated rings. The number of aromatic nitrogens is 2. The zero-order valence-electron chi connectivity index (χ0n) is 14.1. The lowest BCUT2D eigenvalue weighted by molar-refractivity contribution is 0.104. The maximum absolute atomic E-state index is 12.5. The molecule has 0 aliphatic carbocycles. The van der Waals surface area contributed by atoms with Crippen LogP contribution in [0, 0.1) is 6.92 Å². The van der Waals surface area contributed by atoms with Gasteiger partial charge in [-0.05, 0) is 37.3 Å². The van der Waals surface area contributed by atoms with Gasteiger partial charge in [-0.2, -0.15) is 0 Å². The van der Waals surface area contributed by atoms with Crippen LogP contribution in [-0.2, 0) is 0 Å². The molecule has 128 valence electrons. The fourth-order valence-corrected chi connectivity index (χ4v) is 2.88. The number of allylic oxidation sites excluding steroid dienone is 1. The van der Waals surface area contributed by atoms with Crippen LogP contribution in [0.1, 0.15) is 21.9 Å². The van der Waals surface area contributed by atoms with E-state index in [2.05, 4.69) is 4.98 Å². The van der Waals surface area contributed by atoms with E-state index in [0.29, 0.717) is 22.1 Å². The summed E-state index contributed by atoms with van der Waals surface area (Å²) in [5, 5.41) is 0.304. The summed E-state index contributed by atoms with van der Waals surface area (Å²) >= 11 is 6.20. The lowest BCUT2D eigenvalue weighted by Gasteiger charge is -2.10. The summed E-state index contributed by atoms with van der Waals surface area (Å²) in [4.78, 5) is 17.0. The highest BCUT2D eigenvalue weighted by molar-refractivity contribution is 6.35. The molecule has 2 aromatic heterocycles. The van der Waals surface area contributed by atoms with Gasteiger partial charge in [0.1, 0.15) is 5.82 Å². The van der Waals surface area contributed by atoms with Crippen molar-refractivity contribution in [2.45, 2.75) is 6.92 Å². The van der Waals surface area contributed by atoms with Gasteiger partial charge in [-0.15, -0.1) is 0 Å². The Kier molecular flexibility index (Phi) is 4.76. The second-order valence-electron chi connectivity index (χ2n) is 5.38. The minimum atomic E-state index is -0.235. The maximum atomic E-state index is 12.5. The SMILES string of the molecule is COc1cc(Cl)c(C(=O)/C=C/c2nc(C)n3ccccc23)cc1OC. The van der Waals surface area contributed by atoms with Crippen LogP contribution in [0.3, 0.4) is 0 Å². The van der Waals surface area contributed by atoms with Crippen LogP contribution >= 0.6 is 11.6 Å². The average molecular weight is 357 g/mol. The van der Waals surface area contributed by atoms with Gasteiger partial charge in [-0.25, -0.2) is 4.98 Å². The van der Waals surface area contributed by atoms with E-state index in [9.17, 15) is 4.79 Å². The minimum absolute atomic E-state index is 0.235. The number of imidazole rings is 1. The van der Waals surface area contributed by atoms with Gasteiger partial charge in [-0.3, -0.25) is 4.79 Å². The van der Waals surface area contributed by atoms with Crippen LogP contribution in [-0.4, -0.2) is 29.4 Å². The molecule has 2 heterocycles. The number of nitrogens with zero attached hydrogens (tertiary/aromatic N) is 2. The molecule has 0 spiro atoms. The number of ketones is 1. The summed E-state index contributed by atoms with van der Waals surface area (Å²) in [7, 11) is 3.03. The van der Waals surface area contributed by atoms with Crippen LogP contribution in [0.15, 0.2) is 42.6 Å². The third-order valence-corrected chi connectivity index (χ3v) is 4.20. The summed E-state index contributed by atoms with van der Waals surface area (Å²) in [6.45, 7) is 1.91. The van der Waals surface area contributed by atoms with Crippen LogP contribution in [0.5, 0.6) is 11.5 Å². The lowest BCUT2D eigenvalue weighted by Crippen LogP contribution is -1.99. The van der Waals surface area contributed by atoms with E-state index in [1.54, 1.807) is 18.2 Å². The first kappa shape index (κ1) is 17.0. The van der Waals surface area contributed by atoms with Crippen LogP contribution in [0.25, 0.3) is 11.6 Å². The van der Waals surface area contributed by atoms with Crippen molar-refractivity contribution in [2.75, 3.05) is 14.2 Å². The van der Waals surface area contributed by atoms with E-state index in [-0.39, 0.29) is 5.78 Å². The van der Waals surface area contributed by atoms with E-state index in [0.717, 1.165) is 17.0 Å². The van der Waals surface area contributed by atoms with Gasteiger partial charge in [0.25, 0.3) is 0 Å². The predicted molar refractivity (Wildman–Crippen MR) is 97.8 cm³/mol. The average Bonchev–Trinajstić information content (AvgIpc) is 2.95. The second-order valence-corrected chi connectivity index (χ2v) is 5.79. The number of carbonyl (C=O) groups excluding carboxylic acids is 1. The van der Waals surface area contributed by atoms with Gasteiger partial charge in [0.15, 0.2) is 17.3 Å². The Hall–Kier alpha value is -2.79. The van der Waals surface area contributed by atoms with Gasteiger partial charge < -0.3 is 13.9 Å². The Balaban J connectivity index is 1.95. The quantitative estimate of drug-likeness (QED) is 0.507. The van der Waals surface area contributed by atoms with Gasteiger partial charge in [0.2, 0.25) is 0 Å². The molecular weight excluding hydrogens is 340 g/mol. The number of rotatable bonds is 5. The van der Waals surface area contributed by atoms with E-state index >= 15 is 0 Å². The number of hydrogen-bond acceptors (Lipinski definition) is 4. The third kappa shape index (κ3) is 3.23. The Morgan fingerprint density at radius 1 is 1.20 bits per heavy atom. The Labute approximate surface area is 150 Å². The Bertz CT molecular complexity index is 976. The van der Waals surface area contributed by atoms with Crippen molar-refractivity contribution < 1.29 is 14.3 Å². The molecule has 0 unspecified atom stereocenters. The van der Waals surface area contributed by atoms with E-state index in [1.165, 1.54) is 20.3 Å². The summed E-state index contributed by atoms with van der Waals surface area (Å²) in [5.74, 6) is 1.54. The Morgan fingerprint density at radius 2 is 1.92 bits per heavy atom. The molecule has 0 aliphatic heterocycles. The first-order chi connectivity index (χ1) is 12.0. The monoisotopic (exact) mass is 356 g/mol. The van der Waals surface area contributed by atoms with Crippen LogP contribution in [0.2, 0.25) is 5.02 Å². The first-order valence-electron chi connectivity index (χ1n) is 7.62. The number of aryl methyl sites for hydroxylation is 1. The molecule has 0 radical (unpaired) electrons. The van der Waals surface area contributed by atoms with Crippen molar-refractivity contribution in [3.05, 3.63) is 64.7 Å². The lowest BCUT2D eigenvalue weighted by atomic mass is 10.1. The zero-order valence-corrected chi connectivity index (χ0v) is 14.9. The summed E-state index contributed by atoms with van der Waals surface area (Å²) in [6.07, 6.45) is 5.08. The molecule has 5 nitrogen and oxygen atoms in total. The first-order valence-corrected chi connectivity index (χ1v) is 8.00. The molecule has 0 atom stereocenters. The molecule has 0 amide bonds. The number of benzene rings is 1. The number of methoxy groups -OCH3 is 2. The molecule has 3 aromatic rings. The largest absolute Gasteiger partial charge is 0.493 e. The van der Waals surface area contributed by atoms with Gasteiger partial charge in [0, 0.05) is 17.8 Å². The second kappa shape index (κ2) is 6.99. The van der Waals surface area contributed by atoms with Crippen molar-refractivity contribution in [1.82, 2.24) is 9.38 Å². The molecule has 0 aliphatic rings. The van der Waals surface area contributed by atoms with Crippen molar-refractivity contribution in [1.29, 1.82) is 0 Å². The number of carbonyl (C=O) groups is 1. The minimum Gasteiger partial charge on any atom is -0.493 e. The van der Waals surface area contributed by atoms with Crippen LogP contribution < -0.4 is 9.47 Å². The van der Waals surface area contributed by atoms with Gasteiger partial charge >= 0.3 is 0 Å². The summed E-state index contributed by atoms with van der Waals surface area (Å²) < 4.78 is 12.4. The van der Waals surface area contributed by atoms with Crippen LogP contribution in [0.4, 0.5) is 0 Å². The smallest absolute Gasteiger partial charge is 0.187 e. The molecule has 0 N–H and O–H groups in total. The van der Waals surface area contributed by atoms with Gasteiger partial charge in [-0.1, -0.05) is 17.7 Å². The standard InChI is InChI=1S/C19H17ClN2O3/c1-12-21-15(16-6-4-5-9-22(12)16)7-8-17(23)13-10-18(24-2)19(25-3)11-14(13)20/h4-11H,1-3H3/b8-7+. The van der Waals surface area contributed by atoms with E-state index in [4.69, 9.17) is 21.1 Å². The summed E-state index contributed by atoms with van der Waals surface area (Å²) in [6, 6.07) is 8.96.